The minimum Gasteiger partial charge on any atom is -0.326 e. The Morgan fingerprint density at radius 3 is 1.94 bits per heavy atom. The van der Waals surface area contributed by atoms with Gasteiger partial charge in [-0.15, -0.1) is 0 Å². The van der Waals surface area contributed by atoms with Crippen molar-refractivity contribution in [1.82, 2.24) is 0 Å². The van der Waals surface area contributed by atoms with Crippen molar-refractivity contribution in [2.24, 2.45) is 5.73 Å². The molecule has 1 heteroatoms. The maximum absolute atomic E-state index is 5.93. The Hall–Kier alpha value is -0.300. The number of nitrogens with two attached hydrogens (primary N) is 1. The number of rotatable bonds is 10. The van der Waals surface area contributed by atoms with Crippen LogP contribution in [0.1, 0.15) is 78.6 Å². The first-order valence-electron chi connectivity index (χ1n) is 7.00. The number of hydrogen-bond acceptors (Lipinski definition) is 1. The summed E-state index contributed by atoms with van der Waals surface area (Å²) in [6.45, 7) is 6.47. The van der Waals surface area contributed by atoms with E-state index in [1.807, 2.05) is 0 Å². The predicted molar refractivity (Wildman–Crippen MR) is 74.6 cm³/mol. The van der Waals surface area contributed by atoms with Gasteiger partial charge in [-0.25, -0.2) is 0 Å². The van der Waals surface area contributed by atoms with Crippen molar-refractivity contribution in [2.45, 2.75) is 84.1 Å². The minimum absolute atomic E-state index is 0.0177. The average molecular weight is 225 g/mol. The van der Waals surface area contributed by atoms with Gasteiger partial charge in [0.15, 0.2) is 0 Å². The molecule has 0 bridgehead atoms. The molecular formula is C15H31N. The molecule has 0 fully saturated rings. The Bertz CT molecular complexity index is 165. The molecule has 0 aromatic rings. The molecule has 16 heavy (non-hydrogen) atoms. The zero-order chi connectivity index (χ0) is 12.3. The number of hydrogen-bond donors (Lipinski definition) is 1. The molecule has 0 spiro atoms. The van der Waals surface area contributed by atoms with Gasteiger partial charge in [0, 0.05) is 5.54 Å². The molecule has 0 radical (unpaired) electrons. The third-order valence-electron chi connectivity index (χ3n) is 2.83. The van der Waals surface area contributed by atoms with Crippen LogP contribution in [-0.4, -0.2) is 5.54 Å². The molecule has 0 saturated heterocycles. The molecule has 2 N–H and O–H groups in total. The molecule has 0 amide bonds. The smallest absolute Gasteiger partial charge is 0.00970 e. The second-order valence-electron chi connectivity index (χ2n) is 5.56. The fourth-order valence-corrected chi connectivity index (χ4v) is 1.77. The summed E-state index contributed by atoms with van der Waals surface area (Å²) in [5.41, 5.74) is 5.94. The van der Waals surface area contributed by atoms with Crippen LogP contribution in [0.4, 0.5) is 0 Å². The van der Waals surface area contributed by atoms with Gasteiger partial charge in [0.2, 0.25) is 0 Å². The van der Waals surface area contributed by atoms with Crippen molar-refractivity contribution >= 4 is 0 Å². The van der Waals surface area contributed by atoms with Gasteiger partial charge in [0.05, 0.1) is 0 Å². The predicted octanol–water partition coefficient (Wildman–Crippen LogP) is 4.81. The Morgan fingerprint density at radius 1 is 0.875 bits per heavy atom. The quantitative estimate of drug-likeness (QED) is 0.419. The molecule has 0 unspecified atom stereocenters. The Balaban J connectivity index is 3.16. The van der Waals surface area contributed by atoms with Crippen LogP contribution >= 0.6 is 0 Å². The summed E-state index contributed by atoms with van der Waals surface area (Å²) in [7, 11) is 0. The third kappa shape index (κ3) is 13.7. The standard InChI is InChI=1S/C15H31N/c1-4-5-6-7-8-9-10-11-12-13-14-15(2,3)16/h9-10H,4-8,11-14,16H2,1-3H3. The van der Waals surface area contributed by atoms with Crippen LogP contribution in [0, 0.1) is 0 Å². The zero-order valence-corrected chi connectivity index (χ0v) is 11.6. The molecule has 0 saturated carbocycles. The van der Waals surface area contributed by atoms with E-state index in [9.17, 15) is 0 Å². The minimum atomic E-state index is 0.0177. The van der Waals surface area contributed by atoms with Crippen LogP contribution in [0.5, 0.6) is 0 Å². The lowest BCUT2D eigenvalue weighted by molar-refractivity contribution is 0.451. The van der Waals surface area contributed by atoms with Gasteiger partial charge in [-0.2, -0.15) is 0 Å². The van der Waals surface area contributed by atoms with Gasteiger partial charge < -0.3 is 5.73 Å². The lowest BCUT2D eigenvalue weighted by Gasteiger charge is -2.17. The summed E-state index contributed by atoms with van der Waals surface area (Å²) in [5, 5.41) is 0. The summed E-state index contributed by atoms with van der Waals surface area (Å²) >= 11 is 0. The number of allylic oxidation sites excluding steroid dienone is 2. The highest BCUT2D eigenvalue weighted by molar-refractivity contribution is 4.81. The molecule has 0 atom stereocenters. The lowest BCUT2D eigenvalue weighted by atomic mass is 9.98. The first-order valence-corrected chi connectivity index (χ1v) is 7.00. The fourth-order valence-electron chi connectivity index (χ4n) is 1.77. The van der Waals surface area contributed by atoms with E-state index in [0.29, 0.717) is 0 Å². The van der Waals surface area contributed by atoms with Crippen LogP contribution < -0.4 is 5.73 Å². The largest absolute Gasteiger partial charge is 0.326 e. The van der Waals surface area contributed by atoms with E-state index in [4.69, 9.17) is 5.73 Å². The van der Waals surface area contributed by atoms with E-state index in [0.717, 1.165) is 6.42 Å². The van der Waals surface area contributed by atoms with Gasteiger partial charge >= 0.3 is 0 Å². The highest BCUT2D eigenvalue weighted by atomic mass is 14.7. The van der Waals surface area contributed by atoms with Crippen molar-refractivity contribution < 1.29 is 0 Å². The molecule has 0 aliphatic carbocycles. The van der Waals surface area contributed by atoms with Gasteiger partial charge in [-0.05, 0) is 46.0 Å². The first kappa shape index (κ1) is 15.7. The lowest BCUT2D eigenvalue weighted by Crippen LogP contribution is -2.31. The molecule has 0 aliphatic rings. The topological polar surface area (TPSA) is 26.0 Å². The molecule has 96 valence electrons. The first-order chi connectivity index (χ1) is 7.56. The van der Waals surface area contributed by atoms with Gasteiger partial charge in [-0.1, -0.05) is 44.8 Å². The van der Waals surface area contributed by atoms with Crippen molar-refractivity contribution in [3.05, 3.63) is 12.2 Å². The second kappa shape index (κ2) is 9.89. The second-order valence-corrected chi connectivity index (χ2v) is 5.56. The summed E-state index contributed by atoms with van der Waals surface area (Å²) < 4.78 is 0. The highest BCUT2D eigenvalue weighted by Crippen LogP contribution is 2.11. The van der Waals surface area contributed by atoms with Crippen LogP contribution in [0.3, 0.4) is 0 Å². The zero-order valence-electron chi connectivity index (χ0n) is 11.6. The van der Waals surface area contributed by atoms with Crippen LogP contribution in [-0.2, 0) is 0 Å². The van der Waals surface area contributed by atoms with E-state index < -0.39 is 0 Å². The van der Waals surface area contributed by atoms with Gasteiger partial charge in [0.25, 0.3) is 0 Å². The molecule has 0 aromatic heterocycles. The molecule has 0 heterocycles. The van der Waals surface area contributed by atoms with Gasteiger partial charge in [-0.3, -0.25) is 0 Å². The highest BCUT2D eigenvalue weighted by Gasteiger charge is 2.08. The summed E-state index contributed by atoms with van der Waals surface area (Å²) in [4.78, 5) is 0. The van der Waals surface area contributed by atoms with Crippen molar-refractivity contribution in [1.29, 1.82) is 0 Å². The van der Waals surface area contributed by atoms with Crippen molar-refractivity contribution in [3.8, 4) is 0 Å². The summed E-state index contributed by atoms with van der Waals surface area (Å²) in [5.74, 6) is 0. The molecule has 1 nitrogen and oxygen atoms in total. The molecule has 0 aliphatic heterocycles. The Morgan fingerprint density at radius 2 is 1.44 bits per heavy atom. The number of unbranched alkanes of at least 4 members (excludes halogenated alkanes) is 6. The van der Waals surface area contributed by atoms with E-state index >= 15 is 0 Å². The van der Waals surface area contributed by atoms with Gasteiger partial charge in [0.1, 0.15) is 0 Å². The van der Waals surface area contributed by atoms with E-state index in [1.54, 1.807) is 0 Å². The summed E-state index contributed by atoms with van der Waals surface area (Å²) in [6.07, 6.45) is 16.3. The summed E-state index contributed by atoms with van der Waals surface area (Å²) in [6, 6.07) is 0. The maximum atomic E-state index is 5.93. The Kier molecular flexibility index (Phi) is 9.71. The van der Waals surface area contributed by atoms with Crippen LogP contribution in [0.15, 0.2) is 12.2 Å². The molecule has 0 aromatic carbocycles. The van der Waals surface area contributed by atoms with Crippen LogP contribution in [0.2, 0.25) is 0 Å². The van der Waals surface area contributed by atoms with E-state index in [2.05, 4.69) is 32.9 Å². The van der Waals surface area contributed by atoms with Crippen molar-refractivity contribution in [3.63, 3.8) is 0 Å². The van der Waals surface area contributed by atoms with E-state index in [1.165, 1.54) is 51.4 Å². The third-order valence-corrected chi connectivity index (χ3v) is 2.83. The van der Waals surface area contributed by atoms with Crippen molar-refractivity contribution in [2.75, 3.05) is 0 Å². The van der Waals surface area contributed by atoms with Crippen LogP contribution in [0.25, 0.3) is 0 Å². The normalized spacial score (nSPS) is 12.5. The molecule has 0 rings (SSSR count). The monoisotopic (exact) mass is 225 g/mol. The average Bonchev–Trinajstić information content (AvgIpc) is 2.19. The maximum Gasteiger partial charge on any atom is 0.00970 e. The SMILES string of the molecule is CCCCCCC=CCCCCC(C)(C)N. The van der Waals surface area contributed by atoms with E-state index in [-0.39, 0.29) is 5.54 Å². The molecular weight excluding hydrogens is 194 g/mol. The Labute approximate surface area is 102 Å². The fraction of sp³-hybridized carbons (Fsp3) is 0.867.